The first-order valence-corrected chi connectivity index (χ1v) is 10.5. The topological polar surface area (TPSA) is 83.9 Å². The van der Waals surface area contributed by atoms with Crippen LogP contribution in [0.15, 0.2) is 48.8 Å². The smallest absolute Gasteiger partial charge is 0.220 e. The van der Waals surface area contributed by atoms with Crippen LogP contribution >= 0.6 is 17.0 Å². The number of aromatic hydroxyl groups is 1. The molecule has 0 aliphatic rings. The molecule has 32 heavy (non-hydrogen) atoms. The van der Waals surface area contributed by atoms with Gasteiger partial charge in [0.1, 0.15) is 18.6 Å². The first kappa shape index (κ1) is 25.6. The molecule has 0 aliphatic heterocycles. The lowest BCUT2D eigenvalue weighted by atomic mass is 9.78. The van der Waals surface area contributed by atoms with Crippen LogP contribution in [0.25, 0.3) is 0 Å². The summed E-state index contributed by atoms with van der Waals surface area (Å²) in [6, 6.07) is 13.4. The van der Waals surface area contributed by atoms with E-state index in [4.69, 9.17) is 5.41 Å². The number of carbonyl (C=O) groups is 1. The number of ketones is 1. The largest absolute Gasteiger partial charge is 0.507 e. The molecular formula is C25H33BrN4O2. The average molecular weight is 501 g/mol. The van der Waals surface area contributed by atoms with Gasteiger partial charge in [-0.3, -0.25) is 14.8 Å². The van der Waals surface area contributed by atoms with Crippen molar-refractivity contribution in [1.29, 1.82) is 5.41 Å². The number of benzene rings is 2. The lowest BCUT2D eigenvalue weighted by molar-refractivity contribution is 0.0965. The summed E-state index contributed by atoms with van der Waals surface area (Å²) in [6.45, 7) is 12.6. The normalized spacial score (nSPS) is 11.8. The number of carbonyl (C=O) groups excluding carboxylic acids is 1. The Morgan fingerprint density at radius 3 is 2.03 bits per heavy atom. The number of phenols is 1. The van der Waals surface area contributed by atoms with E-state index in [1.165, 1.54) is 4.68 Å². The van der Waals surface area contributed by atoms with E-state index in [-0.39, 0.29) is 51.5 Å². The molecule has 0 amide bonds. The summed E-state index contributed by atoms with van der Waals surface area (Å²) in [5.74, 6) is 0.108. The number of halogens is 1. The summed E-state index contributed by atoms with van der Waals surface area (Å²) in [5, 5.41) is 23.6. The monoisotopic (exact) mass is 500 g/mol. The van der Waals surface area contributed by atoms with E-state index in [1.54, 1.807) is 23.0 Å². The van der Waals surface area contributed by atoms with Gasteiger partial charge in [-0.2, -0.15) is 5.10 Å². The van der Waals surface area contributed by atoms with Gasteiger partial charge < -0.3 is 5.11 Å². The number of nitrogens with zero attached hydrogens (tertiary/aromatic N) is 3. The second kappa shape index (κ2) is 9.45. The Balaban J connectivity index is 0.00000363. The predicted molar refractivity (Wildman–Crippen MR) is 132 cm³/mol. The molecule has 0 spiro atoms. The van der Waals surface area contributed by atoms with Gasteiger partial charge in [-0.1, -0.05) is 71.9 Å². The number of phenolic OH excluding ortho intramolecular Hbond substituents is 1. The van der Waals surface area contributed by atoms with E-state index < -0.39 is 0 Å². The quantitative estimate of drug-likeness (QED) is 0.484. The molecule has 6 nitrogen and oxygen atoms in total. The summed E-state index contributed by atoms with van der Waals surface area (Å²) in [6.07, 6.45) is 1.58. The van der Waals surface area contributed by atoms with Crippen molar-refractivity contribution in [2.24, 2.45) is 0 Å². The van der Waals surface area contributed by atoms with Gasteiger partial charge in [-0.15, -0.1) is 17.0 Å². The molecule has 0 fully saturated rings. The molecule has 0 unspecified atom stereocenters. The Kier molecular flexibility index (Phi) is 7.55. The highest BCUT2D eigenvalue weighted by Crippen LogP contribution is 2.39. The third kappa shape index (κ3) is 5.57. The Morgan fingerprint density at radius 2 is 1.53 bits per heavy atom. The van der Waals surface area contributed by atoms with Gasteiger partial charge in [-0.25, -0.2) is 4.68 Å². The third-order valence-electron chi connectivity index (χ3n) is 5.38. The molecular weight excluding hydrogens is 468 g/mol. The molecule has 0 saturated heterocycles. The number of Topliss-reactive ketones (excluding diaryl/α,β-unsaturated/α-hetero) is 1. The number of aromatic nitrogens is 3. The van der Waals surface area contributed by atoms with Gasteiger partial charge in [0.2, 0.25) is 5.62 Å². The second-order valence-corrected chi connectivity index (χ2v) is 10.1. The van der Waals surface area contributed by atoms with Crippen molar-refractivity contribution < 1.29 is 9.90 Å². The summed E-state index contributed by atoms with van der Waals surface area (Å²) < 4.78 is 3.12. The van der Waals surface area contributed by atoms with E-state index >= 15 is 0 Å². The summed E-state index contributed by atoms with van der Waals surface area (Å²) in [4.78, 5) is 13.2. The predicted octanol–water partition coefficient (Wildman–Crippen LogP) is 4.97. The third-order valence-corrected chi connectivity index (χ3v) is 5.38. The van der Waals surface area contributed by atoms with E-state index in [0.29, 0.717) is 12.1 Å². The first-order chi connectivity index (χ1) is 14.4. The molecule has 7 heteroatoms. The summed E-state index contributed by atoms with van der Waals surface area (Å²) >= 11 is 0. The van der Waals surface area contributed by atoms with E-state index in [2.05, 4.69) is 5.10 Å². The maximum atomic E-state index is 13.2. The summed E-state index contributed by atoms with van der Waals surface area (Å²) in [7, 11) is 0. The fourth-order valence-electron chi connectivity index (χ4n) is 3.56. The molecule has 2 aromatic carbocycles. The number of hydrogen-bond donors (Lipinski definition) is 2. The molecule has 0 radical (unpaired) electrons. The minimum absolute atomic E-state index is 0. The minimum Gasteiger partial charge on any atom is -0.507 e. The SMILES string of the molecule is Br.CC(C)(C)c1cc(C(=O)Cn2ncn(Cc3ccccc3)c2=N)cc(C(C)(C)C)c1O. The van der Waals surface area contributed by atoms with Gasteiger partial charge in [-0.05, 0) is 28.5 Å². The van der Waals surface area contributed by atoms with E-state index in [9.17, 15) is 9.90 Å². The number of nitrogens with one attached hydrogen (secondary N) is 1. The zero-order valence-corrected chi connectivity index (χ0v) is 21.4. The Labute approximate surface area is 200 Å². The first-order valence-electron chi connectivity index (χ1n) is 10.5. The fourth-order valence-corrected chi connectivity index (χ4v) is 3.56. The van der Waals surface area contributed by atoms with E-state index in [1.807, 2.05) is 71.9 Å². The molecule has 2 N–H and O–H groups in total. The lowest BCUT2D eigenvalue weighted by Crippen LogP contribution is -2.28. The van der Waals surface area contributed by atoms with Gasteiger partial charge in [0.05, 0.1) is 6.54 Å². The molecule has 0 saturated carbocycles. The zero-order valence-electron chi connectivity index (χ0n) is 19.6. The van der Waals surface area contributed by atoms with Crippen LogP contribution in [-0.2, 0) is 23.9 Å². The second-order valence-electron chi connectivity index (χ2n) is 10.1. The summed E-state index contributed by atoms with van der Waals surface area (Å²) in [5.41, 5.74) is 2.62. The minimum atomic E-state index is -0.314. The van der Waals surface area contributed by atoms with Crippen molar-refractivity contribution in [3.8, 4) is 5.75 Å². The number of hydrogen-bond acceptors (Lipinski definition) is 4. The van der Waals surface area contributed by atoms with Crippen LogP contribution in [0.3, 0.4) is 0 Å². The lowest BCUT2D eigenvalue weighted by Gasteiger charge is -2.28. The van der Waals surface area contributed by atoms with Crippen molar-refractivity contribution in [3.05, 3.63) is 76.7 Å². The van der Waals surface area contributed by atoms with Crippen LogP contribution in [0.2, 0.25) is 0 Å². The average Bonchev–Trinajstić information content (AvgIpc) is 3.00. The maximum Gasteiger partial charge on any atom is 0.220 e. The standard InChI is InChI=1S/C25H32N4O2.BrH/c1-24(2,3)19-12-18(13-20(22(19)31)25(4,5)6)21(30)15-29-23(26)28(16-27-29)14-17-10-8-7-9-11-17;/h7-13,16,26,31H,14-15H2,1-6H3;1H. The van der Waals surface area contributed by atoms with Gasteiger partial charge in [0.15, 0.2) is 5.78 Å². The van der Waals surface area contributed by atoms with Crippen LogP contribution in [0, 0.1) is 5.41 Å². The van der Waals surface area contributed by atoms with Crippen LogP contribution in [0.5, 0.6) is 5.75 Å². The molecule has 0 aliphatic carbocycles. The molecule has 3 rings (SSSR count). The molecule has 3 aromatic rings. The Hall–Kier alpha value is -2.67. The van der Waals surface area contributed by atoms with Crippen molar-refractivity contribution in [3.63, 3.8) is 0 Å². The molecule has 0 bridgehead atoms. The van der Waals surface area contributed by atoms with Gasteiger partial charge >= 0.3 is 0 Å². The van der Waals surface area contributed by atoms with Crippen molar-refractivity contribution in [2.75, 3.05) is 0 Å². The van der Waals surface area contributed by atoms with Crippen LogP contribution in [0.4, 0.5) is 0 Å². The molecule has 0 atom stereocenters. The highest BCUT2D eigenvalue weighted by atomic mass is 79.9. The fraction of sp³-hybridized carbons (Fsp3) is 0.400. The van der Waals surface area contributed by atoms with Crippen molar-refractivity contribution >= 4 is 22.8 Å². The number of rotatable bonds is 5. The Bertz CT molecular complexity index is 1110. The highest BCUT2D eigenvalue weighted by molar-refractivity contribution is 8.93. The molecule has 1 heterocycles. The zero-order chi connectivity index (χ0) is 23.0. The highest BCUT2D eigenvalue weighted by Gasteiger charge is 2.28. The van der Waals surface area contributed by atoms with Crippen molar-refractivity contribution in [1.82, 2.24) is 14.3 Å². The Morgan fingerprint density at radius 1 is 1.00 bits per heavy atom. The van der Waals surface area contributed by atoms with Crippen LogP contribution in [-0.4, -0.2) is 25.2 Å². The maximum absolute atomic E-state index is 13.2. The van der Waals surface area contributed by atoms with Crippen LogP contribution < -0.4 is 5.62 Å². The van der Waals surface area contributed by atoms with Gasteiger partial charge in [0, 0.05) is 16.7 Å². The van der Waals surface area contributed by atoms with E-state index in [0.717, 1.165) is 16.7 Å². The molecule has 1 aromatic heterocycles. The van der Waals surface area contributed by atoms with Gasteiger partial charge in [0.25, 0.3) is 0 Å². The van der Waals surface area contributed by atoms with Crippen LogP contribution in [0.1, 0.15) is 68.6 Å². The van der Waals surface area contributed by atoms with Crippen molar-refractivity contribution in [2.45, 2.75) is 65.5 Å². The molecule has 172 valence electrons.